The molecule has 4 heteroatoms. The van der Waals surface area contributed by atoms with Gasteiger partial charge in [-0.25, -0.2) is 0 Å². The van der Waals surface area contributed by atoms with Crippen molar-refractivity contribution in [2.24, 2.45) is 5.41 Å². The van der Waals surface area contributed by atoms with Gasteiger partial charge in [-0.2, -0.15) is 0 Å². The zero-order chi connectivity index (χ0) is 15.6. The van der Waals surface area contributed by atoms with Crippen LogP contribution in [0.3, 0.4) is 0 Å². The average molecular weight is 302 g/mol. The normalized spacial score (nSPS) is 25.6. The van der Waals surface area contributed by atoms with Gasteiger partial charge in [0.2, 0.25) is 5.91 Å². The Hall–Kier alpha value is -1.55. The Labute approximate surface area is 133 Å². The number of piperidine rings is 1. The number of likely N-dealkylation sites (tertiary alicyclic amines) is 2. The summed E-state index contributed by atoms with van der Waals surface area (Å²) in [7, 11) is 1.73. The molecule has 22 heavy (non-hydrogen) atoms. The number of ether oxygens (including phenoxy) is 1. The number of hydrogen-bond donors (Lipinski definition) is 0. The Bertz CT molecular complexity index is 546. The van der Waals surface area contributed by atoms with Crippen LogP contribution in [-0.4, -0.2) is 49.0 Å². The molecule has 2 heterocycles. The lowest BCUT2D eigenvalue weighted by molar-refractivity contribution is -0.128. The van der Waals surface area contributed by atoms with Gasteiger partial charge in [0.15, 0.2) is 0 Å². The van der Waals surface area contributed by atoms with Gasteiger partial charge in [-0.3, -0.25) is 9.69 Å². The van der Waals surface area contributed by atoms with Crippen molar-refractivity contribution in [2.75, 3.05) is 33.3 Å². The predicted molar refractivity (Wildman–Crippen MR) is 86.8 cm³/mol. The zero-order valence-corrected chi connectivity index (χ0v) is 13.7. The van der Waals surface area contributed by atoms with E-state index in [9.17, 15) is 4.79 Å². The molecule has 4 nitrogen and oxygen atoms in total. The van der Waals surface area contributed by atoms with Crippen molar-refractivity contribution in [3.05, 3.63) is 29.8 Å². The number of amides is 1. The molecule has 2 fully saturated rings. The molecule has 1 unspecified atom stereocenters. The van der Waals surface area contributed by atoms with Crippen molar-refractivity contribution in [1.82, 2.24) is 9.80 Å². The highest BCUT2D eigenvalue weighted by atomic mass is 16.5. The maximum Gasteiger partial charge on any atom is 0.219 e. The quantitative estimate of drug-likeness (QED) is 0.860. The second-order valence-corrected chi connectivity index (χ2v) is 6.82. The van der Waals surface area contributed by atoms with E-state index in [2.05, 4.69) is 17.0 Å². The molecule has 3 rings (SSSR count). The van der Waals surface area contributed by atoms with Crippen molar-refractivity contribution in [3.63, 3.8) is 0 Å². The van der Waals surface area contributed by atoms with Crippen molar-refractivity contribution in [3.8, 4) is 5.75 Å². The molecule has 0 saturated carbocycles. The minimum Gasteiger partial charge on any atom is -0.496 e. The van der Waals surface area contributed by atoms with Crippen LogP contribution in [0.4, 0.5) is 0 Å². The topological polar surface area (TPSA) is 32.8 Å². The second kappa shape index (κ2) is 6.29. The summed E-state index contributed by atoms with van der Waals surface area (Å²) in [5.74, 6) is 1.19. The Balaban J connectivity index is 1.67. The van der Waals surface area contributed by atoms with Crippen molar-refractivity contribution in [1.29, 1.82) is 0 Å². The Morgan fingerprint density at radius 3 is 2.77 bits per heavy atom. The van der Waals surface area contributed by atoms with Crippen LogP contribution in [-0.2, 0) is 11.3 Å². The summed E-state index contributed by atoms with van der Waals surface area (Å²) in [5.41, 5.74) is 1.56. The van der Waals surface area contributed by atoms with Gasteiger partial charge in [-0.05, 0) is 31.9 Å². The maximum absolute atomic E-state index is 11.6. The zero-order valence-electron chi connectivity index (χ0n) is 13.7. The van der Waals surface area contributed by atoms with Gasteiger partial charge in [-0.15, -0.1) is 0 Å². The third kappa shape index (κ3) is 3.12. The van der Waals surface area contributed by atoms with Crippen LogP contribution in [0.1, 0.15) is 31.7 Å². The number of hydrogen-bond acceptors (Lipinski definition) is 3. The number of nitrogens with zero attached hydrogens (tertiary/aromatic N) is 2. The molecule has 120 valence electrons. The summed E-state index contributed by atoms with van der Waals surface area (Å²) in [5, 5.41) is 0. The summed E-state index contributed by atoms with van der Waals surface area (Å²) < 4.78 is 5.47. The summed E-state index contributed by atoms with van der Waals surface area (Å²) in [4.78, 5) is 16.2. The van der Waals surface area contributed by atoms with Crippen molar-refractivity contribution < 1.29 is 9.53 Å². The van der Waals surface area contributed by atoms with Gasteiger partial charge in [0, 0.05) is 44.1 Å². The van der Waals surface area contributed by atoms with Gasteiger partial charge < -0.3 is 9.64 Å². The number of methoxy groups -OCH3 is 1. The molecule has 1 atom stereocenters. The summed E-state index contributed by atoms with van der Waals surface area (Å²) in [6.07, 6.45) is 3.62. The monoisotopic (exact) mass is 302 g/mol. The molecule has 0 aromatic heterocycles. The standard InChI is InChI=1S/C18H26N2O2/c1-15(21)20-11-9-18(14-20)8-5-10-19(13-18)12-16-6-3-4-7-17(16)22-2/h3-4,6-7H,5,8-14H2,1-2H3. The van der Waals surface area contributed by atoms with E-state index in [4.69, 9.17) is 4.74 Å². The van der Waals surface area contributed by atoms with Gasteiger partial charge in [0.05, 0.1) is 7.11 Å². The van der Waals surface area contributed by atoms with E-state index in [1.54, 1.807) is 14.0 Å². The van der Waals surface area contributed by atoms with Crippen molar-refractivity contribution >= 4 is 5.91 Å². The number of carbonyl (C=O) groups excluding carboxylic acids is 1. The Morgan fingerprint density at radius 2 is 2.05 bits per heavy atom. The first-order valence-corrected chi connectivity index (χ1v) is 8.22. The predicted octanol–water partition coefficient (Wildman–Crippen LogP) is 2.53. The molecule has 1 aromatic carbocycles. The van der Waals surface area contributed by atoms with E-state index < -0.39 is 0 Å². The molecule has 0 N–H and O–H groups in total. The van der Waals surface area contributed by atoms with Crippen molar-refractivity contribution in [2.45, 2.75) is 32.7 Å². The molecule has 1 aromatic rings. The summed E-state index contributed by atoms with van der Waals surface area (Å²) >= 11 is 0. The van der Waals surface area contributed by atoms with E-state index in [1.807, 2.05) is 17.0 Å². The number of rotatable bonds is 3. The molecule has 2 saturated heterocycles. The van der Waals surface area contributed by atoms with Gasteiger partial charge in [0.25, 0.3) is 0 Å². The smallest absolute Gasteiger partial charge is 0.219 e. The van der Waals surface area contributed by atoms with E-state index in [1.165, 1.54) is 18.4 Å². The largest absolute Gasteiger partial charge is 0.496 e. The number of para-hydroxylation sites is 1. The lowest BCUT2D eigenvalue weighted by Crippen LogP contribution is -2.44. The molecule has 1 amide bonds. The maximum atomic E-state index is 11.6. The van der Waals surface area contributed by atoms with Crippen LogP contribution in [0.2, 0.25) is 0 Å². The molecule has 2 aliphatic heterocycles. The van der Waals surface area contributed by atoms with Crippen LogP contribution in [0.25, 0.3) is 0 Å². The second-order valence-electron chi connectivity index (χ2n) is 6.82. The highest BCUT2D eigenvalue weighted by molar-refractivity contribution is 5.73. The van der Waals surface area contributed by atoms with Crippen LogP contribution in [0.15, 0.2) is 24.3 Å². The molecular weight excluding hydrogens is 276 g/mol. The van der Waals surface area contributed by atoms with Crippen LogP contribution < -0.4 is 4.74 Å². The first-order chi connectivity index (χ1) is 10.6. The minimum absolute atomic E-state index is 0.221. The first-order valence-electron chi connectivity index (χ1n) is 8.22. The first kappa shape index (κ1) is 15.3. The molecular formula is C18H26N2O2. The van der Waals surface area contributed by atoms with Crippen LogP contribution >= 0.6 is 0 Å². The number of benzene rings is 1. The lowest BCUT2D eigenvalue weighted by Gasteiger charge is -2.40. The Morgan fingerprint density at radius 1 is 1.23 bits per heavy atom. The average Bonchev–Trinajstić information content (AvgIpc) is 2.92. The van der Waals surface area contributed by atoms with E-state index in [-0.39, 0.29) is 5.91 Å². The van der Waals surface area contributed by atoms with Gasteiger partial charge in [-0.1, -0.05) is 18.2 Å². The van der Waals surface area contributed by atoms with Gasteiger partial charge in [0.1, 0.15) is 5.75 Å². The summed E-state index contributed by atoms with van der Waals surface area (Å²) in [6.45, 7) is 6.72. The fourth-order valence-corrected chi connectivity index (χ4v) is 4.06. The SMILES string of the molecule is COc1ccccc1CN1CCCC2(CCN(C(C)=O)C2)C1. The molecule has 0 bridgehead atoms. The Kier molecular flexibility index (Phi) is 4.39. The van der Waals surface area contributed by atoms with Crippen LogP contribution in [0, 0.1) is 5.41 Å². The highest BCUT2D eigenvalue weighted by Gasteiger charge is 2.42. The fourth-order valence-electron chi connectivity index (χ4n) is 4.06. The molecule has 2 aliphatic rings. The number of carbonyl (C=O) groups is 1. The van der Waals surface area contributed by atoms with E-state index >= 15 is 0 Å². The third-order valence-corrected chi connectivity index (χ3v) is 5.21. The van der Waals surface area contributed by atoms with E-state index in [0.717, 1.165) is 44.9 Å². The van der Waals surface area contributed by atoms with Gasteiger partial charge >= 0.3 is 0 Å². The van der Waals surface area contributed by atoms with Crippen LogP contribution in [0.5, 0.6) is 5.75 Å². The fraction of sp³-hybridized carbons (Fsp3) is 0.611. The summed E-state index contributed by atoms with van der Waals surface area (Å²) in [6, 6.07) is 8.27. The molecule has 0 radical (unpaired) electrons. The third-order valence-electron chi connectivity index (χ3n) is 5.21. The van der Waals surface area contributed by atoms with E-state index in [0.29, 0.717) is 5.41 Å². The molecule has 0 aliphatic carbocycles. The highest BCUT2D eigenvalue weighted by Crippen LogP contribution is 2.39. The minimum atomic E-state index is 0.221. The molecule has 1 spiro atoms. The lowest BCUT2D eigenvalue weighted by atomic mass is 9.79.